The average Bonchev–Trinajstić information content (AvgIpc) is 2.25. The number of alkyl halides is 3. The molecule has 0 saturated heterocycles. The molecular weight excluding hydrogens is 253 g/mol. The SMILES string of the molecule is CCS(=O)(=O)/C(=C/C1CCCCC1)C(F)(F)F. The normalized spacial score (nSPS) is 20.6. The Kier molecular flexibility index (Phi) is 4.63. The molecule has 17 heavy (non-hydrogen) atoms. The second kappa shape index (κ2) is 5.42. The van der Waals surface area contributed by atoms with E-state index in [0.29, 0.717) is 12.8 Å². The van der Waals surface area contributed by atoms with Crippen molar-refractivity contribution >= 4 is 9.84 Å². The summed E-state index contributed by atoms with van der Waals surface area (Å²) in [4.78, 5) is -1.35. The van der Waals surface area contributed by atoms with Crippen molar-refractivity contribution in [1.82, 2.24) is 0 Å². The lowest BCUT2D eigenvalue weighted by Crippen LogP contribution is -2.23. The lowest BCUT2D eigenvalue weighted by molar-refractivity contribution is -0.0849. The van der Waals surface area contributed by atoms with Gasteiger partial charge >= 0.3 is 6.18 Å². The highest BCUT2D eigenvalue weighted by atomic mass is 32.2. The van der Waals surface area contributed by atoms with Crippen LogP contribution in [-0.2, 0) is 9.84 Å². The molecule has 100 valence electrons. The van der Waals surface area contributed by atoms with Gasteiger partial charge in [-0.15, -0.1) is 0 Å². The van der Waals surface area contributed by atoms with Gasteiger partial charge in [0.2, 0.25) is 0 Å². The van der Waals surface area contributed by atoms with Gasteiger partial charge in [0.05, 0.1) is 5.75 Å². The molecule has 1 fully saturated rings. The van der Waals surface area contributed by atoms with E-state index in [9.17, 15) is 21.6 Å². The Balaban J connectivity index is 3.02. The molecule has 0 aromatic carbocycles. The van der Waals surface area contributed by atoms with Crippen LogP contribution in [0.5, 0.6) is 0 Å². The van der Waals surface area contributed by atoms with Gasteiger partial charge in [-0.1, -0.05) is 32.3 Å². The average molecular weight is 270 g/mol. The summed E-state index contributed by atoms with van der Waals surface area (Å²) in [5.74, 6) is -0.757. The molecule has 0 atom stereocenters. The fourth-order valence-electron chi connectivity index (χ4n) is 2.04. The first-order valence-electron chi connectivity index (χ1n) is 5.79. The van der Waals surface area contributed by atoms with Crippen LogP contribution < -0.4 is 0 Å². The highest BCUT2D eigenvalue weighted by molar-refractivity contribution is 7.95. The molecule has 0 heterocycles. The van der Waals surface area contributed by atoms with Gasteiger partial charge in [-0.3, -0.25) is 0 Å². The molecule has 1 saturated carbocycles. The van der Waals surface area contributed by atoms with Crippen LogP contribution in [0.2, 0.25) is 0 Å². The highest BCUT2D eigenvalue weighted by Gasteiger charge is 2.42. The molecule has 6 heteroatoms. The third-order valence-corrected chi connectivity index (χ3v) is 4.83. The van der Waals surface area contributed by atoms with Crippen LogP contribution in [0.15, 0.2) is 11.0 Å². The summed E-state index contributed by atoms with van der Waals surface area (Å²) in [5.41, 5.74) is 0. The van der Waals surface area contributed by atoms with Crippen molar-refractivity contribution in [2.24, 2.45) is 5.92 Å². The molecule has 0 amide bonds. The Morgan fingerprint density at radius 2 is 1.76 bits per heavy atom. The maximum Gasteiger partial charge on any atom is 0.426 e. The van der Waals surface area contributed by atoms with E-state index < -0.39 is 26.7 Å². The minimum atomic E-state index is -4.77. The minimum absolute atomic E-state index is 0.248. The maximum absolute atomic E-state index is 12.7. The Bertz CT molecular complexity index is 376. The summed E-state index contributed by atoms with van der Waals surface area (Å²) < 4.78 is 61.0. The van der Waals surface area contributed by atoms with Crippen LogP contribution in [0.3, 0.4) is 0 Å². The van der Waals surface area contributed by atoms with Crippen LogP contribution in [0, 0.1) is 5.92 Å². The van der Waals surface area contributed by atoms with Gasteiger partial charge in [0.25, 0.3) is 0 Å². The maximum atomic E-state index is 12.7. The third-order valence-electron chi connectivity index (χ3n) is 3.03. The Morgan fingerprint density at radius 1 is 1.24 bits per heavy atom. The first-order chi connectivity index (χ1) is 7.77. The van der Waals surface area contributed by atoms with Crippen molar-refractivity contribution in [2.45, 2.75) is 45.2 Å². The van der Waals surface area contributed by atoms with Crippen molar-refractivity contribution in [2.75, 3.05) is 5.75 Å². The van der Waals surface area contributed by atoms with Gasteiger partial charge < -0.3 is 0 Å². The van der Waals surface area contributed by atoms with Gasteiger partial charge in [-0.25, -0.2) is 8.42 Å². The van der Waals surface area contributed by atoms with E-state index in [1.54, 1.807) is 0 Å². The standard InChI is InChI=1S/C11H17F3O2S/c1-2-17(15,16)10(11(12,13)14)8-9-6-4-3-5-7-9/h8-9H,2-7H2,1H3/b10-8+. The number of hydrogen-bond donors (Lipinski definition) is 0. The smallest absolute Gasteiger partial charge is 0.224 e. The van der Waals surface area contributed by atoms with E-state index in [1.165, 1.54) is 6.92 Å². The second-order valence-electron chi connectivity index (χ2n) is 4.33. The molecular formula is C11H17F3O2S. The quantitative estimate of drug-likeness (QED) is 0.787. The Hall–Kier alpha value is -0.520. The first-order valence-corrected chi connectivity index (χ1v) is 7.44. The summed E-state index contributed by atoms with van der Waals surface area (Å²) >= 11 is 0. The monoisotopic (exact) mass is 270 g/mol. The molecule has 1 aliphatic rings. The fraction of sp³-hybridized carbons (Fsp3) is 0.818. The number of halogens is 3. The summed E-state index contributed by atoms with van der Waals surface area (Å²) in [7, 11) is -4.18. The first kappa shape index (κ1) is 14.5. The van der Waals surface area contributed by atoms with Crippen molar-refractivity contribution in [3.8, 4) is 0 Å². The number of hydrogen-bond acceptors (Lipinski definition) is 2. The second-order valence-corrected chi connectivity index (χ2v) is 6.58. The van der Waals surface area contributed by atoms with Crippen LogP contribution in [-0.4, -0.2) is 20.3 Å². The lowest BCUT2D eigenvalue weighted by Gasteiger charge is -2.20. The van der Waals surface area contributed by atoms with E-state index in [4.69, 9.17) is 0 Å². The number of sulfone groups is 1. The molecule has 0 unspecified atom stereocenters. The van der Waals surface area contributed by atoms with E-state index in [1.807, 2.05) is 0 Å². The van der Waals surface area contributed by atoms with E-state index in [0.717, 1.165) is 25.3 Å². The summed E-state index contributed by atoms with van der Waals surface area (Å²) in [6, 6.07) is 0. The zero-order chi connectivity index (χ0) is 13.1. The summed E-state index contributed by atoms with van der Waals surface area (Å²) in [6.45, 7) is 1.23. The van der Waals surface area contributed by atoms with Gasteiger partial charge in [-0.2, -0.15) is 13.2 Å². The molecule has 0 aromatic heterocycles. The van der Waals surface area contributed by atoms with Crippen LogP contribution in [0.25, 0.3) is 0 Å². The molecule has 1 rings (SSSR count). The minimum Gasteiger partial charge on any atom is -0.224 e. The van der Waals surface area contributed by atoms with Gasteiger partial charge in [-0.05, 0) is 18.8 Å². The molecule has 0 aliphatic heterocycles. The molecule has 1 aliphatic carbocycles. The molecule has 0 radical (unpaired) electrons. The molecule has 2 nitrogen and oxygen atoms in total. The largest absolute Gasteiger partial charge is 0.426 e. The molecule has 0 bridgehead atoms. The van der Waals surface area contributed by atoms with Gasteiger partial charge in [0.15, 0.2) is 9.84 Å². The summed E-state index contributed by atoms with van der Waals surface area (Å²) in [6.07, 6.45) is 0.227. The summed E-state index contributed by atoms with van der Waals surface area (Å²) in [5, 5.41) is 0. The van der Waals surface area contributed by atoms with Crippen molar-refractivity contribution < 1.29 is 21.6 Å². The lowest BCUT2D eigenvalue weighted by atomic mass is 9.89. The third kappa shape index (κ3) is 4.01. The van der Waals surface area contributed by atoms with Crippen molar-refractivity contribution in [3.63, 3.8) is 0 Å². The number of rotatable bonds is 3. The predicted molar refractivity (Wildman–Crippen MR) is 60.2 cm³/mol. The highest BCUT2D eigenvalue weighted by Crippen LogP contribution is 2.34. The van der Waals surface area contributed by atoms with Crippen LogP contribution >= 0.6 is 0 Å². The van der Waals surface area contributed by atoms with Crippen molar-refractivity contribution in [3.05, 3.63) is 11.0 Å². The van der Waals surface area contributed by atoms with E-state index >= 15 is 0 Å². The zero-order valence-electron chi connectivity index (χ0n) is 9.76. The Morgan fingerprint density at radius 3 is 2.18 bits per heavy atom. The topological polar surface area (TPSA) is 34.1 Å². The fourth-order valence-corrected chi connectivity index (χ4v) is 3.11. The molecule has 0 N–H and O–H groups in total. The van der Waals surface area contributed by atoms with E-state index in [-0.39, 0.29) is 5.92 Å². The Labute approximate surface area is 99.8 Å². The van der Waals surface area contributed by atoms with Gasteiger partial charge in [0.1, 0.15) is 4.91 Å². The predicted octanol–water partition coefficient (Wildman–Crippen LogP) is 3.45. The van der Waals surface area contributed by atoms with Crippen molar-refractivity contribution in [1.29, 1.82) is 0 Å². The molecule has 0 spiro atoms. The number of allylic oxidation sites excluding steroid dienone is 2. The zero-order valence-corrected chi connectivity index (χ0v) is 10.6. The van der Waals surface area contributed by atoms with E-state index in [2.05, 4.69) is 0 Å². The van der Waals surface area contributed by atoms with Crippen LogP contribution in [0.1, 0.15) is 39.0 Å². The van der Waals surface area contributed by atoms with Gasteiger partial charge in [0, 0.05) is 0 Å². The molecule has 0 aromatic rings. The van der Waals surface area contributed by atoms with Crippen LogP contribution in [0.4, 0.5) is 13.2 Å².